The topological polar surface area (TPSA) is 116 Å². The molecular weight excluding hydrogens is 524 g/mol. The van der Waals surface area contributed by atoms with Gasteiger partial charge < -0.3 is 24.5 Å². The van der Waals surface area contributed by atoms with Gasteiger partial charge in [0.05, 0.1) is 18.4 Å². The van der Waals surface area contributed by atoms with Gasteiger partial charge in [0.2, 0.25) is 5.91 Å². The summed E-state index contributed by atoms with van der Waals surface area (Å²) >= 11 is 2.61. The number of anilines is 2. The van der Waals surface area contributed by atoms with Crippen molar-refractivity contribution in [3.63, 3.8) is 0 Å². The van der Waals surface area contributed by atoms with Gasteiger partial charge in [-0.2, -0.15) is 0 Å². The van der Waals surface area contributed by atoms with E-state index in [4.69, 9.17) is 13.9 Å². The van der Waals surface area contributed by atoms with Crippen molar-refractivity contribution >= 4 is 45.6 Å². The average molecular weight is 551 g/mol. The van der Waals surface area contributed by atoms with Gasteiger partial charge in [0.15, 0.2) is 6.61 Å². The van der Waals surface area contributed by atoms with Crippen LogP contribution in [0.2, 0.25) is 0 Å². The zero-order valence-corrected chi connectivity index (χ0v) is 22.3. The molecule has 11 heteroatoms. The van der Waals surface area contributed by atoms with Crippen LogP contribution in [0.3, 0.4) is 0 Å². The lowest BCUT2D eigenvalue weighted by Crippen LogP contribution is -2.19. The number of para-hydroxylation sites is 1. The number of aromatic nitrogens is 2. The van der Waals surface area contributed by atoms with Crippen LogP contribution in [0.5, 0.6) is 11.5 Å². The number of amides is 2. The van der Waals surface area contributed by atoms with Crippen molar-refractivity contribution in [2.75, 3.05) is 23.5 Å². The Morgan fingerprint density at radius 1 is 1.00 bits per heavy atom. The van der Waals surface area contributed by atoms with Crippen molar-refractivity contribution < 1.29 is 23.5 Å². The zero-order valence-electron chi connectivity index (χ0n) is 20.7. The first-order valence-electron chi connectivity index (χ1n) is 12.1. The monoisotopic (exact) mass is 550 g/mol. The van der Waals surface area contributed by atoms with E-state index in [0.29, 0.717) is 27.9 Å². The number of thioether (sulfide) groups is 1. The molecule has 0 radical (unpaired) electrons. The molecule has 4 aromatic rings. The molecule has 2 aromatic heterocycles. The summed E-state index contributed by atoms with van der Waals surface area (Å²) in [4.78, 5) is 27.2. The molecule has 0 unspecified atom stereocenters. The molecular formula is C27H26N4O5S2. The van der Waals surface area contributed by atoms with Crippen molar-refractivity contribution in [2.45, 2.75) is 37.5 Å². The highest BCUT2D eigenvalue weighted by molar-refractivity contribution is 7.99. The summed E-state index contributed by atoms with van der Waals surface area (Å²) in [6.07, 6.45) is 3.86. The van der Waals surface area contributed by atoms with Crippen LogP contribution in [0.15, 0.2) is 64.2 Å². The molecule has 2 heterocycles. The highest BCUT2D eigenvalue weighted by Crippen LogP contribution is 2.38. The molecule has 0 saturated carbocycles. The summed E-state index contributed by atoms with van der Waals surface area (Å²) in [5.41, 5.74) is 2.31. The summed E-state index contributed by atoms with van der Waals surface area (Å²) in [5, 5.41) is 14.7. The minimum atomic E-state index is -0.253. The van der Waals surface area contributed by atoms with Crippen LogP contribution in [0, 0.1) is 0 Å². The molecule has 0 spiro atoms. The van der Waals surface area contributed by atoms with Gasteiger partial charge in [-0.05, 0) is 67.6 Å². The number of hydrogen-bond donors (Lipinski definition) is 2. The Balaban J connectivity index is 1.19. The Hall–Kier alpha value is -3.83. The lowest BCUT2D eigenvalue weighted by molar-refractivity contribution is -0.113. The highest BCUT2D eigenvalue weighted by Gasteiger charge is 2.26. The lowest BCUT2D eigenvalue weighted by atomic mass is 9.95. The Morgan fingerprint density at radius 2 is 1.76 bits per heavy atom. The number of hydrogen-bond acceptors (Lipinski definition) is 9. The smallest absolute Gasteiger partial charge is 0.277 e. The third-order valence-corrected chi connectivity index (χ3v) is 7.91. The number of rotatable bonds is 10. The van der Waals surface area contributed by atoms with E-state index in [9.17, 15) is 9.59 Å². The van der Waals surface area contributed by atoms with Gasteiger partial charge in [0, 0.05) is 10.6 Å². The van der Waals surface area contributed by atoms with E-state index in [1.54, 1.807) is 31.4 Å². The highest BCUT2D eigenvalue weighted by atomic mass is 32.2. The van der Waals surface area contributed by atoms with E-state index in [1.165, 1.54) is 11.3 Å². The standard InChI is InChI=1S/C27H26N4O5S2/c1-34-18-11-13-19(14-12-18)35-15-23-30-31-27(36-23)37-16-22(32)29-26-24(20-9-5-6-10-21(20)38-26)25(33)28-17-7-3-2-4-8-17/h2-4,7-8,11-14H,5-6,9-10,15-16H2,1H3,(H,28,33)(H,29,32). The van der Waals surface area contributed by atoms with E-state index >= 15 is 0 Å². The van der Waals surface area contributed by atoms with Crippen LogP contribution in [0.4, 0.5) is 10.7 Å². The summed E-state index contributed by atoms with van der Waals surface area (Å²) < 4.78 is 16.4. The van der Waals surface area contributed by atoms with Crippen LogP contribution in [0.1, 0.15) is 39.5 Å². The molecule has 2 N–H and O–H groups in total. The van der Waals surface area contributed by atoms with Crippen molar-refractivity contribution in [2.24, 2.45) is 0 Å². The summed E-state index contributed by atoms with van der Waals surface area (Å²) in [7, 11) is 1.60. The number of carbonyl (C=O) groups excluding carboxylic acids is 2. The molecule has 1 aliphatic carbocycles. The fourth-order valence-corrected chi connectivity index (χ4v) is 5.95. The van der Waals surface area contributed by atoms with Crippen molar-refractivity contribution in [3.8, 4) is 11.5 Å². The second kappa shape index (κ2) is 12.1. The number of carbonyl (C=O) groups is 2. The molecule has 0 fully saturated rings. The fourth-order valence-electron chi connectivity index (χ4n) is 4.07. The van der Waals surface area contributed by atoms with Crippen molar-refractivity contribution in [3.05, 3.63) is 76.5 Å². The second-order valence-electron chi connectivity index (χ2n) is 8.50. The van der Waals surface area contributed by atoms with Gasteiger partial charge in [-0.15, -0.1) is 21.5 Å². The van der Waals surface area contributed by atoms with E-state index in [-0.39, 0.29) is 29.4 Å². The predicted molar refractivity (Wildman–Crippen MR) is 146 cm³/mol. The molecule has 9 nitrogen and oxygen atoms in total. The van der Waals surface area contributed by atoms with Crippen LogP contribution < -0.4 is 20.1 Å². The molecule has 1 aliphatic rings. The first-order chi connectivity index (χ1) is 18.6. The van der Waals surface area contributed by atoms with Crippen molar-refractivity contribution in [1.29, 1.82) is 0 Å². The SMILES string of the molecule is COc1ccc(OCc2nnc(SCC(=O)Nc3sc4c(c3C(=O)Nc3ccccc3)CCCC4)o2)cc1. The van der Waals surface area contributed by atoms with Gasteiger partial charge in [-0.3, -0.25) is 9.59 Å². The minimum absolute atomic E-state index is 0.0588. The van der Waals surface area contributed by atoms with E-state index in [1.807, 2.05) is 30.3 Å². The zero-order chi connectivity index (χ0) is 26.3. The Bertz CT molecular complexity index is 1400. The third kappa shape index (κ3) is 6.35. The van der Waals surface area contributed by atoms with Gasteiger partial charge in [0.1, 0.15) is 16.5 Å². The molecule has 2 aromatic carbocycles. The number of ether oxygens (including phenoxy) is 2. The molecule has 0 aliphatic heterocycles. The van der Waals surface area contributed by atoms with Gasteiger partial charge in [0.25, 0.3) is 17.0 Å². The maximum absolute atomic E-state index is 13.2. The van der Waals surface area contributed by atoms with E-state index < -0.39 is 0 Å². The number of nitrogens with one attached hydrogen (secondary N) is 2. The molecule has 5 rings (SSSR count). The van der Waals surface area contributed by atoms with Crippen molar-refractivity contribution in [1.82, 2.24) is 10.2 Å². The van der Waals surface area contributed by atoms with Crippen LogP contribution in [0.25, 0.3) is 0 Å². The van der Waals surface area contributed by atoms with E-state index in [0.717, 1.165) is 53.6 Å². The summed E-state index contributed by atoms with van der Waals surface area (Å²) in [6, 6.07) is 16.5. The molecule has 0 atom stereocenters. The first-order valence-corrected chi connectivity index (χ1v) is 13.9. The maximum atomic E-state index is 13.2. The minimum Gasteiger partial charge on any atom is -0.497 e. The number of methoxy groups -OCH3 is 1. The number of aryl methyl sites for hydroxylation is 1. The molecule has 0 bridgehead atoms. The van der Waals surface area contributed by atoms with E-state index in [2.05, 4.69) is 20.8 Å². The largest absolute Gasteiger partial charge is 0.497 e. The number of benzene rings is 2. The second-order valence-corrected chi connectivity index (χ2v) is 10.5. The van der Waals surface area contributed by atoms with Gasteiger partial charge in [-0.1, -0.05) is 30.0 Å². The summed E-state index contributed by atoms with van der Waals surface area (Å²) in [6.45, 7) is 0.104. The van der Waals surface area contributed by atoms with Gasteiger partial charge in [-0.25, -0.2) is 0 Å². The van der Waals surface area contributed by atoms with Crippen LogP contribution >= 0.6 is 23.1 Å². The summed E-state index contributed by atoms with van der Waals surface area (Å²) in [5.74, 6) is 1.27. The fraction of sp³-hybridized carbons (Fsp3) is 0.259. The normalized spacial score (nSPS) is 12.4. The van der Waals surface area contributed by atoms with Crippen LogP contribution in [-0.4, -0.2) is 34.9 Å². The number of thiophene rings is 1. The molecule has 0 saturated heterocycles. The number of nitrogens with zero attached hydrogens (tertiary/aromatic N) is 2. The molecule has 196 valence electrons. The first kappa shape index (κ1) is 25.8. The number of fused-ring (bicyclic) bond motifs is 1. The Labute approximate surface area is 227 Å². The quantitative estimate of drug-likeness (QED) is 0.246. The molecule has 2 amide bonds. The van der Waals surface area contributed by atoms with Gasteiger partial charge >= 0.3 is 0 Å². The average Bonchev–Trinajstić information content (AvgIpc) is 3.55. The predicted octanol–water partition coefficient (Wildman–Crippen LogP) is 5.58. The Morgan fingerprint density at radius 3 is 2.55 bits per heavy atom. The Kier molecular flexibility index (Phi) is 8.25. The van der Waals surface area contributed by atoms with Crippen LogP contribution in [-0.2, 0) is 24.2 Å². The maximum Gasteiger partial charge on any atom is 0.277 e. The third-order valence-electron chi connectivity index (χ3n) is 5.88. The molecule has 38 heavy (non-hydrogen) atoms. The lowest BCUT2D eigenvalue weighted by Gasteiger charge is -2.13.